The highest BCUT2D eigenvalue weighted by molar-refractivity contribution is 7.06. The zero-order chi connectivity index (χ0) is 12.1. The lowest BCUT2D eigenvalue weighted by atomic mass is 10.3. The largest absolute Gasteiger partial charge is 0.258 e. The Morgan fingerprint density at radius 3 is 1.88 bits per heavy atom. The highest BCUT2D eigenvalue weighted by atomic mass is 28.3. The molecule has 0 spiro atoms. The summed E-state index contributed by atoms with van der Waals surface area (Å²) in [5.41, 5.74) is 2.57. The van der Waals surface area contributed by atoms with E-state index >= 15 is 0 Å². The quantitative estimate of drug-likeness (QED) is 0.655. The Bertz CT molecular complexity index is 407. The normalized spacial score (nSPS) is 20.1. The Morgan fingerprint density at radius 2 is 1.44 bits per heavy atom. The summed E-state index contributed by atoms with van der Waals surface area (Å²) in [5, 5.41) is 2.88. The van der Waals surface area contributed by atoms with E-state index in [4.69, 9.17) is 4.99 Å². The van der Waals surface area contributed by atoms with Gasteiger partial charge in [0, 0.05) is 10.9 Å². The van der Waals surface area contributed by atoms with E-state index in [1.165, 1.54) is 21.8 Å². The van der Waals surface area contributed by atoms with Crippen molar-refractivity contribution in [2.75, 3.05) is 0 Å². The Balaban J connectivity index is 2.31. The molecule has 0 fully saturated rings. The molecule has 0 amide bonds. The second kappa shape index (κ2) is 3.41. The van der Waals surface area contributed by atoms with E-state index in [9.17, 15) is 0 Å². The van der Waals surface area contributed by atoms with Crippen molar-refractivity contribution in [1.82, 2.24) is 0 Å². The molecule has 16 heavy (non-hydrogen) atoms. The van der Waals surface area contributed by atoms with Gasteiger partial charge in [-0.3, -0.25) is 4.99 Å². The first-order valence-corrected chi connectivity index (χ1v) is 12.9. The summed E-state index contributed by atoms with van der Waals surface area (Å²) in [6, 6.07) is 0. The third-order valence-corrected chi connectivity index (χ3v) is 6.88. The molecule has 0 N–H and O–H groups in total. The third-order valence-electron chi connectivity index (χ3n) is 3.07. The molecule has 0 aromatic heterocycles. The summed E-state index contributed by atoms with van der Waals surface area (Å²) in [6.07, 6.45) is 6.98. The predicted octanol–water partition coefficient (Wildman–Crippen LogP) is 3.95. The van der Waals surface area contributed by atoms with Crippen molar-refractivity contribution in [3.8, 4) is 0 Å². The van der Waals surface area contributed by atoms with Crippen molar-refractivity contribution in [2.24, 2.45) is 4.99 Å². The van der Waals surface area contributed by atoms with Crippen molar-refractivity contribution < 1.29 is 0 Å². The molecule has 0 saturated carbocycles. The van der Waals surface area contributed by atoms with Crippen LogP contribution in [0, 0.1) is 0 Å². The minimum absolute atomic E-state index is 1.17. The van der Waals surface area contributed by atoms with Crippen LogP contribution >= 0.6 is 0 Å². The lowest BCUT2D eigenvalue weighted by Crippen LogP contribution is -2.31. The second-order valence-corrected chi connectivity index (χ2v) is 16.8. The van der Waals surface area contributed by atoms with Gasteiger partial charge in [0.1, 0.15) is 8.07 Å². The molecule has 1 aliphatic heterocycles. The summed E-state index contributed by atoms with van der Waals surface area (Å²) >= 11 is 0. The van der Waals surface area contributed by atoms with Crippen molar-refractivity contribution >= 4 is 21.5 Å². The molecule has 2 rings (SSSR count). The first kappa shape index (κ1) is 11.8. The fourth-order valence-corrected chi connectivity index (χ4v) is 4.06. The van der Waals surface area contributed by atoms with Crippen LogP contribution in [0.5, 0.6) is 0 Å². The Morgan fingerprint density at radius 1 is 0.812 bits per heavy atom. The number of fused-ring (bicyclic) bond motifs is 1. The van der Waals surface area contributed by atoms with Gasteiger partial charge in [-0.2, -0.15) is 0 Å². The van der Waals surface area contributed by atoms with E-state index in [1.54, 1.807) is 0 Å². The Hall–Kier alpha value is -0.676. The average Bonchev–Trinajstić information content (AvgIpc) is 2.53. The third kappa shape index (κ3) is 2.06. The molecule has 1 nitrogen and oxygen atoms in total. The molecular formula is C13H21NSi2. The van der Waals surface area contributed by atoms with E-state index in [0.717, 1.165) is 0 Å². The van der Waals surface area contributed by atoms with Crippen LogP contribution in [0.25, 0.3) is 0 Å². The van der Waals surface area contributed by atoms with Crippen molar-refractivity contribution in [1.29, 1.82) is 0 Å². The predicted molar refractivity (Wildman–Crippen MR) is 78.4 cm³/mol. The summed E-state index contributed by atoms with van der Waals surface area (Å²) < 4.78 is 0. The van der Waals surface area contributed by atoms with Crippen LogP contribution in [0.15, 0.2) is 39.7 Å². The van der Waals surface area contributed by atoms with Gasteiger partial charge < -0.3 is 0 Å². The standard InChI is InChI=1S/C13H21NSi2/c1-15(2,3)11-7-10-8-13(16(4,5)6)14-12(10)9-11/h7-9H,1-6H3. The second-order valence-electron chi connectivity index (χ2n) is 6.73. The van der Waals surface area contributed by atoms with Gasteiger partial charge in [0.25, 0.3) is 0 Å². The minimum Gasteiger partial charge on any atom is -0.258 e. The molecule has 0 unspecified atom stereocenters. The first-order valence-electron chi connectivity index (χ1n) is 5.93. The van der Waals surface area contributed by atoms with Crippen LogP contribution in [-0.2, 0) is 0 Å². The lowest BCUT2D eigenvalue weighted by molar-refractivity contribution is 1.43. The molecule has 0 aromatic rings. The van der Waals surface area contributed by atoms with Crippen LogP contribution in [0.4, 0.5) is 0 Å². The van der Waals surface area contributed by atoms with Gasteiger partial charge in [-0.25, -0.2) is 0 Å². The number of hydrogen-bond acceptors (Lipinski definition) is 1. The van der Waals surface area contributed by atoms with Crippen LogP contribution in [-0.4, -0.2) is 21.5 Å². The van der Waals surface area contributed by atoms with Gasteiger partial charge in [0.05, 0.1) is 13.8 Å². The van der Waals surface area contributed by atoms with Crippen molar-refractivity contribution in [3.63, 3.8) is 0 Å². The van der Waals surface area contributed by atoms with Gasteiger partial charge in [0.15, 0.2) is 0 Å². The summed E-state index contributed by atoms with van der Waals surface area (Å²) in [4.78, 5) is 4.80. The van der Waals surface area contributed by atoms with E-state index in [0.29, 0.717) is 0 Å². The summed E-state index contributed by atoms with van der Waals surface area (Å²) in [5.74, 6) is 0. The molecule has 0 radical (unpaired) electrons. The monoisotopic (exact) mass is 247 g/mol. The maximum absolute atomic E-state index is 4.80. The number of rotatable bonds is 2. The highest BCUT2D eigenvalue weighted by Crippen LogP contribution is 2.34. The van der Waals surface area contributed by atoms with Crippen molar-refractivity contribution in [3.05, 3.63) is 34.7 Å². The van der Waals surface area contributed by atoms with Crippen LogP contribution in [0.1, 0.15) is 0 Å². The van der Waals surface area contributed by atoms with Crippen LogP contribution in [0.2, 0.25) is 39.3 Å². The smallest absolute Gasteiger partial charge is 0.101 e. The minimum atomic E-state index is -1.24. The SMILES string of the molecule is C[Si](C)(C)C1=CC2=CC([Si](C)(C)C)=NC2=C1. The van der Waals surface area contributed by atoms with E-state index in [1.807, 2.05) is 0 Å². The molecule has 0 saturated heterocycles. The molecule has 0 aromatic carbocycles. The van der Waals surface area contributed by atoms with Gasteiger partial charge in [-0.1, -0.05) is 50.6 Å². The molecule has 2 aliphatic rings. The van der Waals surface area contributed by atoms with Crippen LogP contribution < -0.4 is 0 Å². The number of allylic oxidation sites excluding steroid dienone is 4. The van der Waals surface area contributed by atoms with Crippen molar-refractivity contribution in [2.45, 2.75) is 39.3 Å². The van der Waals surface area contributed by atoms with Crippen LogP contribution in [0.3, 0.4) is 0 Å². The van der Waals surface area contributed by atoms with E-state index < -0.39 is 16.1 Å². The number of aliphatic imine (C=N–C) groups is 1. The zero-order valence-electron chi connectivity index (χ0n) is 11.2. The molecule has 3 heteroatoms. The van der Waals surface area contributed by atoms with Gasteiger partial charge >= 0.3 is 0 Å². The van der Waals surface area contributed by atoms with Gasteiger partial charge in [-0.05, 0) is 12.2 Å². The topological polar surface area (TPSA) is 12.4 Å². The average molecular weight is 247 g/mol. The molecule has 1 heterocycles. The highest BCUT2D eigenvalue weighted by Gasteiger charge is 2.29. The Labute approximate surface area is 101 Å². The van der Waals surface area contributed by atoms with E-state index in [2.05, 4.69) is 57.5 Å². The Kier molecular flexibility index (Phi) is 2.51. The fraction of sp³-hybridized carbons (Fsp3) is 0.462. The molecule has 1 aliphatic carbocycles. The lowest BCUT2D eigenvalue weighted by Gasteiger charge is -2.16. The fourth-order valence-electron chi connectivity index (χ4n) is 1.85. The summed E-state index contributed by atoms with van der Waals surface area (Å²) in [7, 11) is -2.42. The number of nitrogens with zero attached hydrogens (tertiary/aromatic N) is 1. The van der Waals surface area contributed by atoms with Gasteiger partial charge in [-0.15, -0.1) is 0 Å². The molecule has 0 bridgehead atoms. The zero-order valence-corrected chi connectivity index (χ0v) is 13.2. The maximum Gasteiger partial charge on any atom is 0.101 e. The molecule has 0 atom stereocenters. The molecular weight excluding hydrogens is 226 g/mol. The maximum atomic E-state index is 4.80. The first-order chi connectivity index (χ1) is 7.18. The van der Waals surface area contributed by atoms with Gasteiger partial charge in [0.2, 0.25) is 0 Å². The molecule has 86 valence electrons. The summed E-state index contributed by atoms with van der Waals surface area (Å²) in [6.45, 7) is 14.2. The number of hydrogen-bond donors (Lipinski definition) is 0. The van der Waals surface area contributed by atoms with E-state index in [-0.39, 0.29) is 0 Å².